The van der Waals surface area contributed by atoms with Gasteiger partial charge in [-0.1, -0.05) is 0 Å². The number of halogens is 1. The van der Waals surface area contributed by atoms with Crippen LogP contribution in [0.3, 0.4) is 0 Å². The molecule has 1 aliphatic rings. The number of anilines is 1. The summed E-state index contributed by atoms with van der Waals surface area (Å²) in [6, 6.07) is 8.26. The molecule has 1 amide bonds. The number of piperidine rings is 1. The van der Waals surface area contributed by atoms with E-state index in [2.05, 4.69) is 26.5 Å². The Morgan fingerprint density at radius 3 is 2.64 bits per heavy atom. The largest absolute Gasteiger partial charge is 0.357 e. The first-order chi connectivity index (χ1) is 17.6. The van der Waals surface area contributed by atoms with Gasteiger partial charge < -0.3 is 10.2 Å². The maximum Gasteiger partial charge on any atom is 0.223 e. The molecule has 0 atom stereocenters. The second-order valence-electron chi connectivity index (χ2n) is 9.01. The van der Waals surface area contributed by atoms with E-state index in [1.807, 2.05) is 43.8 Å². The van der Waals surface area contributed by atoms with Gasteiger partial charge in [0.1, 0.15) is 11.9 Å². The number of nitrogens with one attached hydrogen (secondary N) is 1. The number of amides is 1. The summed E-state index contributed by atoms with van der Waals surface area (Å²) in [7, 11) is 1.87. The van der Waals surface area contributed by atoms with E-state index in [4.69, 9.17) is 4.98 Å². The summed E-state index contributed by atoms with van der Waals surface area (Å²) >= 11 is 0. The molecule has 1 N–H and O–H groups in total. The molecular weight excluding hydrogens is 459 g/mol. The van der Waals surface area contributed by atoms with Crippen LogP contribution >= 0.6 is 0 Å². The minimum absolute atomic E-state index is 0.0121. The Morgan fingerprint density at radius 1 is 1.14 bits per heavy atom. The lowest BCUT2D eigenvalue weighted by atomic mass is 9.95. The topological polar surface area (TPSA) is 104 Å². The summed E-state index contributed by atoms with van der Waals surface area (Å²) < 4.78 is 15.7. The molecule has 36 heavy (non-hydrogen) atoms. The molecule has 0 bridgehead atoms. The zero-order chi connectivity index (χ0) is 25.1. The normalized spacial score (nSPS) is 14.2. The van der Waals surface area contributed by atoms with Gasteiger partial charge in [-0.2, -0.15) is 15.5 Å². The van der Waals surface area contributed by atoms with Crippen molar-refractivity contribution in [3.8, 4) is 28.3 Å². The minimum Gasteiger partial charge on any atom is -0.357 e. The number of fused-ring (bicyclic) bond motifs is 1. The predicted molar refractivity (Wildman–Crippen MR) is 134 cm³/mol. The highest BCUT2D eigenvalue weighted by Crippen LogP contribution is 2.32. The van der Waals surface area contributed by atoms with Gasteiger partial charge in [-0.05, 0) is 37.5 Å². The number of rotatable bonds is 7. The third-order valence-electron chi connectivity index (χ3n) is 6.63. The van der Waals surface area contributed by atoms with Gasteiger partial charge in [0.15, 0.2) is 0 Å². The van der Waals surface area contributed by atoms with Crippen molar-refractivity contribution in [1.82, 2.24) is 29.7 Å². The molecule has 0 aromatic carbocycles. The lowest BCUT2D eigenvalue weighted by Gasteiger charge is -2.32. The fraction of sp³-hybridized carbons (Fsp3) is 0.346. The number of nitrogens with zero attached hydrogens (tertiary/aromatic N) is 7. The zero-order valence-corrected chi connectivity index (χ0v) is 20.1. The molecule has 5 rings (SSSR count). The lowest BCUT2D eigenvalue weighted by Crippen LogP contribution is -2.41. The van der Waals surface area contributed by atoms with Crippen LogP contribution in [0.15, 0.2) is 49.2 Å². The first-order valence-corrected chi connectivity index (χ1v) is 12.0. The van der Waals surface area contributed by atoms with Crippen LogP contribution in [0.5, 0.6) is 0 Å². The molecule has 0 radical (unpaired) electrons. The molecule has 0 spiro atoms. The number of carbonyl (C=O) groups excluding carboxylic acids is 1. The number of hydrogen-bond donors (Lipinski definition) is 1. The Labute approximate surface area is 208 Å². The van der Waals surface area contributed by atoms with E-state index >= 15 is 0 Å². The monoisotopic (exact) mass is 486 g/mol. The lowest BCUT2D eigenvalue weighted by molar-refractivity contribution is -0.125. The molecule has 0 saturated carbocycles. The Kier molecular flexibility index (Phi) is 6.62. The maximum atomic E-state index is 12.3. The summed E-state index contributed by atoms with van der Waals surface area (Å²) in [5.41, 5.74) is 4.88. The van der Waals surface area contributed by atoms with Crippen LogP contribution in [0.2, 0.25) is 0 Å². The quantitative estimate of drug-likeness (QED) is 0.402. The highest BCUT2D eigenvalue weighted by molar-refractivity contribution is 5.87. The van der Waals surface area contributed by atoms with Gasteiger partial charge in [-0.25, -0.2) is 9.50 Å². The third-order valence-corrected chi connectivity index (χ3v) is 6.63. The van der Waals surface area contributed by atoms with Crippen molar-refractivity contribution < 1.29 is 9.18 Å². The Balaban J connectivity index is 1.37. The molecule has 0 aliphatic carbocycles. The van der Waals surface area contributed by atoms with Crippen LogP contribution in [0, 0.1) is 17.2 Å². The van der Waals surface area contributed by atoms with Crippen LogP contribution < -0.4 is 10.2 Å². The molecule has 1 aliphatic heterocycles. The fourth-order valence-electron chi connectivity index (χ4n) is 4.68. The predicted octanol–water partition coefficient (Wildman–Crippen LogP) is 3.36. The van der Waals surface area contributed by atoms with E-state index in [0.29, 0.717) is 18.5 Å². The van der Waals surface area contributed by atoms with Crippen molar-refractivity contribution in [1.29, 1.82) is 5.26 Å². The zero-order valence-electron chi connectivity index (χ0n) is 20.1. The number of nitriles is 1. The average molecular weight is 487 g/mol. The number of aromatic nitrogens is 5. The van der Waals surface area contributed by atoms with E-state index in [1.54, 1.807) is 21.6 Å². The van der Waals surface area contributed by atoms with Crippen LogP contribution in [-0.4, -0.2) is 56.6 Å². The van der Waals surface area contributed by atoms with Gasteiger partial charge >= 0.3 is 0 Å². The summed E-state index contributed by atoms with van der Waals surface area (Å²) in [5, 5.41) is 21.1. The van der Waals surface area contributed by atoms with Crippen molar-refractivity contribution >= 4 is 17.2 Å². The van der Waals surface area contributed by atoms with E-state index in [-0.39, 0.29) is 11.8 Å². The van der Waals surface area contributed by atoms with Gasteiger partial charge in [0.25, 0.3) is 0 Å². The van der Waals surface area contributed by atoms with Crippen LogP contribution in [-0.2, 0) is 11.8 Å². The molecule has 5 heterocycles. The summed E-state index contributed by atoms with van der Waals surface area (Å²) in [5.74, 6) is 0.816. The van der Waals surface area contributed by atoms with E-state index < -0.39 is 6.67 Å². The van der Waals surface area contributed by atoms with E-state index in [1.165, 1.54) is 0 Å². The van der Waals surface area contributed by atoms with Gasteiger partial charge in [-0.3, -0.25) is 13.9 Å². The molecule has 10 heteroatoms. The van der Waals surface area contributed by atoms with Crippen molar-refractivity contribution in [3.05, 3.63) is 54.7 Å². The standard InChI is InChI=1S/C26H27FN8O/c1-33-16-22(15-31-33)20-11-23(25-21(12-28)14-32-35(25)17-20)19-3-4-24(30-13-19)34-9-5-18(6-10-34)26(36)29-8-2-7-27/h3-4,11,13-18H,2,5-10H2,1H3,(H,29,36). The second kappa shape index (κ2) is 10.2. The fourth-order valence-corrected chi connectivity index (χ4v) is 4.68. The molecule has 1 fully saturated rings. The van der Waals surface area contributed by atoms with E-state index in [0.717, 1.165) is 59.5 Å². The number of hydrogen-bond acceptors (Lipinski definition) is 6. The summed E-state index contributed by atoms with van der Waals surface area (Å²) in [4.78, 5) is 19.2. The number of alkyl halides is 1. The molecule has 0 unspecified atom stereocenters. The maximum absolute atomic E-state index is 12.3. The first kappa shape index (κ1) is 23.5. The number of carbonyl (C=O) groups is 1. The van der Waals surface area contributed by atoms with Crippen molar-refractivity contribution in [2.45, 2.75) is 19.3 Å². The molecule has 4 aromatic rings. The van der Waals surface area contributed by atoms with Crippen LogP contribution in [0.25, 0.3) is 27.8 Å². The Hall–Kier alpha value is -4.26. The SMILES string of the molecule is Cn1cc(-c2cc(-c3ccc(N4CCC(C(=O)NCCCF)CC4)nc3)c3c(C#N)cnn3c2)cn1. The Bertz CT molecular complexity index is 1410. The summed E-state index contributed by atoms with van der Waals surface area (Å²) in [6.45, 7) is 1.43. The minimum atomic E-state index is -0.418. The molecule has 4 aromatic heterocycles. The van der Waals surface area contributed by atoms with E-state index in [9.17, 15) is 14.4 Å². The van der Waals surface area contributed by atoms with Crippen molar-refractivity contribution in [2.24, 2.45) is 13.0 Å². The Morgan fingerprint density at radius 2 is 1.97 bits per heavy atom. The highest BCUT2D eigenvalue weighted by atomic mass is 19.1. The first-order valence-electron chi connectivity index (χ1n) is 12.0. The molecule has 184 valence electrons. The third kappa shape index (κ3) is 4.64. The van der Waals surface area contributed by atoms with Crippen LogP contribution in [0.1, 0.15) is 24.8 Å². The smallest absolute Gasteiger partial charge is 0.223 e. The molecular formula is C26H27FN8O. The van der Waals surface area contributed by atoms with Crippen molar-refractivity contribution in [2.75, 3.05) is 31.2 Å². The van der Waals surface area contributed by atoms with Crippen molar-refractivity contribution in [3.63, 3.8) is 0 Å². The second-order valence-corrected chi connectivity index (χ2v) is 9.01. The van der Waals surface area contributed by atoms with Gasteiger partial charge in [0, 0.05) is 73.4 Å². The van der Waals surface area contributed by atoms with Gasteiger partial charge in [0.05, 0.1) is 30.1 Å². The van der Waals surface area contributed by atoms with Gasteiger partial charge in [-0.15, -0.1) is 0 Å². The van der Waals surface area contributed by atoms with Gasteiger partial charge in [0.2, 0.25) is 5.91 Å². The van der Waals surface area contributed by atoms with Crippen LogP contribution in [0.4, 0.5) is 10.2 Å². The number of pyridine rings is 2. The number of aryl methyl sites for hydroxylation is 1. The average Bonchev–Trinajstić information content (AvgIpc) is 3.54. The highest BCUT2D eigenvalue weighted by Gasteiger charge is 2.25. The molecule has 9 nitrogen and oxygen atoms in total. The molecule has 1 saturated heterocycles. The summed E-state index contributed by atoms with van der Waals surface area (Å²) in [6.07, 6.45) is 10.9.